The molecule has 0 aromatic carbocycles. The summed E-state index contributed by atoms with van der Waals surface area (Å²) in [6.07, 6.45) is 8.22. The second kappa shape index (κ2) is 6.33. The molecule has 2 N–H and O–H groups in total. The first-order chi connectivity index (χ1) is 6.70. The lowest BCUT2D eigenvalue weighted by atomic mass is 10.0. The highest BCUT2D eigenvalue weighted by molar-refractivity contribution is 8.00. The van der Waals surface area contributed by atoms with E-state index in [2.05, 4.69) is 0 Å². The number of carbonyl (C=O) groups excluding carboxylic acids is 1. The van der Waals surface area contributed by atoms with Gasteiger partial charge in [-0.3, -0.25) is 4.79 Å². The first kappa shape index (κ1) is 11.9. The number of primary amides is 1. The summed E-state index contributed by atoms with van der Waals surface area (Å²) in [5.74, 6) is 1.76. The van der Waals surface area contributed by atoms with E-state index >= 15 is 0 Å². The quantitative estimate of drug-likeness (QED) is 0.732. The number of rotatable bonds is 4. The van der Waals surface area contributed by atoms with Gasteiger partial charge in [-0.1, -0.05) is 25.7 Å². The maximum atomic E-state index is 10.8. The molecule has 1 fully saturated rings. The van der Waals surface area contributed by atoms with Crippen LogP contribution in [-0.4, -0.2) is 16.9 Å². The molecule has 0 aromatic rings. The number of nitrogens with two attached hydrogens (primary N) is 1. The number of thioether (sulfide) groups is 1. The zero-order valence-electron chi connectivity index (χ0n) is 9.00. The van der Waals surface area contributed by atoms with Crippen molar-refractivity contribution in [3.8, 4) is 0 Å². The first-order valence-corrected chi connectivity index (χ1v) is 6.66. The van der Waals surface area contributed by atoms with Crippen molar-refractivity contribution in [1.29, 1.82) is 0 Å². The fraction of sp³-hybridized carbons (Fsp3) is 0.909. The zero-order chi connectivity index (χ0) is 10.4. The predicted molar refractivity (Wildman–Crippen MR) is 62.3 cm³/mol. The largest absolute Gasteiger partial charge is 0.369 e. The molecule has 1 amide bonds. The van der Waals surface area contributed by atoms with Crippen LogP contribution in [0.4, 0.5) is 0 Å². The zero-order valence-corrected chi connectivity index (χ0v) is 9.81. The molecular weight excluding hydrogens is 194 g/mol. The van der Waals surface area contributed by atoms with Crippen LogP contribution >= 0.6 is 11.8 Å². The second-order valence-electron chi connectivity index (χ2n) is 4.24. The van der Waals surface area contributed by atoms with Gasteiger partial charge in [0.1, 0.15) is 0 Å². The van der Waals surface area contributed by atoms with Gasteiger partial charge in [-0.2, -0.15) is 0 Å². The van der Waals surface area contributed by atoms with Crippen LogP contribution in [0.5, 0.6) is 0 Å². The van der Waals surface area contributed by atoms with Crippen LogP contribution in [-0.2, 0) is 4.79 Å². The number of hydrogen-bond donors (Lipinski definition) is 1. The summed E-state index contributed by atoms with van der Waals surface area (Å²) in [7, 11) is 0. The molecule has 1 rings (SSSR count). The van der Waals surface area contributed by atoms with E-state index in [0.717, 1.165) is 11.7 Å². The topological polar surface area (TPSA) is 43.1 Å². The third-order valence-electron chi connectivity index (χ3n) is 2.96. The van der Waals surface area contributed by atoms with Crippen molar-refractivity contribution < 1.29 is 4.79 Å². The lowest BCUT2D eigenvalue weighted by molar-refractivity contribution is -0.117. The molecular formula is C11H21NOS. The van der Waals surface area contributed by atoms with Gasteiger partial charge in [-0.15, -0.1) is 11.8 Å². The maximum absolute atomic E-state index is 10.8. The smallest absolute Gasteiger partial charge is 0.230 e. The molecule has 0 saturated heterocycles. The highest BCUT2D eigenvalue weighted by atomic mass is 32.2. The van der Waals surface area contributed by atoms with Crippen molar-refractivity contribution in [1.82, 2.24) is 0 Å². The Labute approximate surface area is 91.0 Å². The Bertz CT molecular complexity index is 176. The van der Waals surface area contributed by atoms with Gasteiger partial charge in [0.2, 0.25) is 5.91 Å². The molecule has 1 aliphatic rings. The summed E-state index contributed by atoms with van der Waals surface area (Å²) >= 11 is 1.73. The summed E-state index contributed by atoms with van der Waals surface area (Å²) in [5.41, 5.74) is 5.22. The van der Waals surface area contributed by atoms with Gasteiger partial charge in [0.25, 0.3) is 0 Å². The van der Waals surface area contributed by atoms with E-state index < -0.39 is 0 Å². The molecule has 1 aliphatic carbocycles. The van der Waals surface area contributed by atoms with Crippen LogP contribution in [0.25, 0.3) is 0 Å². The van der Waals surface area contributed by atoms with Crippen molar-refractivity contribution in [3.63, 3.8) is 0 Å². The monoisotopic (exact) mass is 215 g/mol. The van der Waals surface area contributed by atoms with Gasteiger partial charge >= 0.3 is 0 Å². The highest BCUT2D eigenvalue weighted by Crippen LogP contribution is 2.27. The predicted octanol–water partition coefficient (Wildman–Crippen LogP) is 2.56. The minimum atomic E-state index is -0.177. The van der Waals surface area contributed by atoms with E-state index in [9.17, 15) is 4.79 Å². The number of amides is 1. The molecule has 0 aliphatic heterocycles. The van der Waals surface area contributed by atoms with Crippen molar-refractivity contribution in [3.05, 3.63) is 0 Å². The molecule has 82 valence electrons. The molecule has 0 unspecified atom stereocenters. The molecule has 0 aromatic heterocycles. The van der Waals surface area contributed by atoms with Crippen LogP contribution in [0.1, 0.15) is 45.4 Å². The Hall–Kier alpha value is -0.180. The van der Waals surface area contributed by atoms with Crippen molar-refractivity contribution in [2.45, 2.75) is 50.7 Å². The van der Waals surface area contributed by atoms with E-state index in [0.29, 0.717) is 0 Å². The molecule has 0 heterocycles. The normalized spacial score (nSPS) is 21.5. The molecule has 0 bridgehead atoms. The molecule has 3 heteroatoms. The van der Waals surface area contributed by atoms with E-state index in [1.807, 2.05) is 6.92 Å². The van der Waals surface area contributed by atoms with Crippen LogP contribution in [0.15, 0.2) is 0 Å². The summed E-state index contributed by atoms with van der Waals surface area (Å²) < 4.78 is 0. The molecule has 1 atom stereocenters. The summed E-state index contributed by atoms with van der Waals surface area (Å²) in [6, 6.07) is 0. The molecule has 0 spiro atoms. The fourth-order valence-corrected chi connectivity index (χ4v) is 2.95. The maximum Gasteiger partial charge on any atom is 0.230 e. The van der Waals surface area contributed by atoms with E-state index in [4.69, 9.17) is 5.73 Å². The summed E-state index contributed by atoms with van der Waals surface area (Å²) in [6.45, 7) is 1.91. The van der Waals surface area contributed by atoms with Gasteiger partial charge in [-0.25, -0.2) is 0 Å². The standard InChI is InChI=1S/C11H21NOS/c1-9(11(12)13)14-8-10-6-4-2-3-5-7-10/h9-10H,2-8H2,1H3,(H2,12,13)/t9-/m0/s1. The van der Waals surface area contributed by atoms with Gasteiger partial charge in [0, 0.05) is 0 Å². The average Bonchev–Trinajstić information content (AvgIpc) is 2.42. The van der Waals surface area contributed by atoms with E-state index in [-0.39, 0.29) is 11.2 Å². The lowest BCUT2D eigenvalue weighted by Gasteiger charge is -2.15. The molecule has 2 nitrogen and oxygen atoms in total. The highest BCUT2D eigenvalue weighted by Gasteiger charge is 2.15. The van der Waals surface area contributed by atoms with Crippen molar-refractivity contribution >= 4 is 17.7 Å². The van der Waals surface area contributed by atoms with Gasteiger partial charge in [0.05, 0.1) is 5.25 Å². The minimum absolute atomic E-state index is 0.0155. The Balaban J connectivity index is 2.18. The van der Waals surface area contributed by atoms with Crippen LogP contribution < -0.4 is 5.73 Å². The van der Waals surface area contributed by atoms with E-state index in [1.165, 1.54) is 38.5 Å². The Kier molecular flexibility index (Phi) is 5.38. The Morgan fingerprint density at radius 2 is 1.93 bits per heavy atom. The van der Waals surface area contributed by atoms with Gasteiger partial charge in [-0.05, 0) is 31.4 Å². The van der Waals surface area contributed by atoms with Gasteiger partial charge in [0.15, 0.2) is 0 Å². The third kappa shape index (κ3) is 4.36. The Morgan fingerprint density at radius 3 is 2.43 bits per heavy atom. The van der Waals surface area contributed by atoms with Crippen LogP contribution in [0.2, 0.25) is 0 Å². The SMILES string of the molecule is C[C@H](SCC1CCCCCC1)C(N)=O. The molecule has 14 heavy (non-hydrogen) atoms. The van der Waals surface area contributed by atoms with E-state index in [1.54, 1.807) is 11.8 Å². The molecule has 0 radical (unpaired) electrons. The fourth-order valence-electron chi connectivity index (χ4n) is 1.89. The average molecular weight is 215 g/mol. The lowest BCUT2D eigenvalue weighted by Crippen LogP contribution is -2.23. The van der Waals surface area contributed by atoms with Gasteiger partial charge < -0.3 is 5.73 Å². The third-order valence-corrected chi connectivity index (χ3v) is 4.35. The molecule has 1 saturated carbocycles. The minimum Gasteiger partial charge on any atom is -0.369 e. The van der Waals surface area contributed by atoms with Crippen LogP contribution in [0.3, 0.4) is 0 Å². The second-order valence-corrected chi connectivity index (χ2v) is 5.61. The number of hydrogen-bond acceptors (Lipinski definition) is 2. The van der Waals surface area contributed by atoms with Crippen molar-refractivity contribution in [2.24, 2.45) is 11.7 Å². The number of carbonyl (C=O) groups is 1. The summed E-state index contributed by atoms with van der Waals surface area (Å²) in [5, 5.41) is -0.0155. The van der Waals surface area contributed by atoms with Crippen molar-refractivity contribution in [2.75, 3.05) is 5.75 Å². The Morgan fingerprint density at radius 1 is 1.36 bits per heavy atom. The first-order valence-electron chi connectivity index (χ1n) is 5.61. The van der Waals surface area contributed by atoms with Crippen LogP contribution in [0, 0.1) is 5.92 Å². The summed E-state index contributed by atoms with van der Waals surface area (Å²) in [4.78, 5) is 10.8.